The van der Waals surface area contributed by atoms with Crippen molar-refractivity contribution in [2.45, 2.75) is 20.8 Å². The summed E-state index contributed by atoms with van der Waals surface area (Å²) >= 11 is 0. The molecule has 1 heterocycles. The van der Waals surface area contributed by atoms with E-state index in [1.54, 1.807) is 13.0 Å². The number of benzene rings is 1. The van der Waals surface area contributed by atoms with Gasteiger partial charge in [-0.25, -0.2) is 4.79 Å². The highest BCUT2D eigenvalue weighted by molar-refractivity contribution is 5.94. The second-order valence-electron chi connectivity index (χ2n) is 4.63. The van der Waals surface area contributed by atoms with Gasteiger partial charge >= 0.3 is 5.97 Å². The van der Waals surface area contributed by atoms with Gasteiger partial charge in [0.05, 0.1) is 17.2 Å². The van der Waals surface area contributed by atoms with E-state index in [1.807, 2.05) is 30.5 Å². The molecule has 0 aliphatic carbocycles. The Morgan fingerprint density at radius 3 is 2.38 bits per heavy atom. The Morgan fingerprint density at radius 2 is 1.86 bits per heavy atom. The first-order chi connectivity index (χ1) is 9.95. The lowest BCUT2D eigenvalue weighted by Gasteiger charge is -2.10. The topological polar surface area (TPSA) is 74.4 Å². The average molecular weight is 288 g/mol. The van der Waals surface area contributed by atoms with Gasteiger partial charge in [0, 0.05) is 17.5 Å². The Balaban J connectivity index is 2.56. The Hall–Kier alpha value is -2.63. The van der Waals surface area contributed by atoms with Crippen molar-refractivity contribution >= 4 is 11.7 Å². The lowest BCUT2D eigenvalue weighted by molar-refractivity contribution is -0.385. The number of hydrogen-bond acceptors (Lipinski definition) is 4. The van der Waals surface area contributed by atoms with Crippen LogP contribution in [0, 0.1) is 24.0 Å². The number of nitro groups is 1. The third-order valence-electron chi connectivity index (χ3n) is 3.20. The van der Waals surface area contributed by atoms with E-state index < -0.39 is 10.9 Å². The first-order valence-electron chi connectivity index (χ1n) is 6.56. The molecule has 110 valence electrons. The lowest BCUT2D eigenvalue weighted by atomic mass is 10.1. The largest absolute Gasteiger partial charge is 0.462 e. The van der Waals surface area contributed by atoms with E-state index in [0.717, 1.165) is 11.4 Å². The monoisotopic (exact) mass is 288 g/mol. The molecular weight excluding hydrogens is 272 g/mol. The van der Waals surface area contributed by atoms with Crippen molar-refractivity contribution in [2.75, 3.05) is 6.61 Å². The molecule has 2 rings (SSSR count). The molecule has 21 heavy (non-hydrogen) atoms. The summed E-state index contributed by atoms with van der Waals surface area (Å²) in [6, 6.07) is 8.37. The van der Waals surface area contributed by atoms with Crippen LogP contribution in [-0.4, -0.2) is 22.1 Å². The van der Waals surface area contributed by atoms with Crippen LogP contribution in [0.15, 0.2) is 30.3 Å². The fourth-order valence-electron chi connectivity index (χ4n) is 2.27. The van der Waals surface area contributed by atoms with Gasteiger partial charge in [-0.2, -0.15) is 0 Å². The van der Waals surface area contributed by atoms with Crippen LogP contribution < -0.4 is 0 Å². The summed E-state index contributed by atoms with van der Waals surface area (Å²) in [5.41, 5.74) is 2.29. The van der Waals surface area contributed by atoms with Crippen molar-refractivity contribution in [2.24, 2.45) is 0 Å². The number of carbonyl (C=O) groups is 1. The van der Waals surface area contributed by atoms with Gasteiger partial charge in [0.1, 0.15) is 5.56 Å². The van der Waals surface area contributed by atoms with Gasteiger partial charge in [0.15, 0.2) is 0 Å². The summed E-state index contributed by atoms with van der Waals surface area (Å²) in [5, 5.41) is 11.2. The number of nitrogens with zero attached hydrogens (tertiary/aromatic N) is 2. The summed E-state index contributed by atoms with van der Waals surface area (Å²) in [6.45, 7) is 5.66. The summed E-state index contributed by atoms with van der Waals surface area (Å²) in [5.74, 6) is -0.684. The van der Waals surface area contributed by atoms with Crippen LogP contribution in [0.2, 0.25) is 0 Å². The molecular formula is C15H16N2O4. The smallest absolute Gasteiger partial charge is 0.345 e. The van der Waals surface area contributed by atoms with Gasteiger partial charge in [-0.05, 0) is 45.0 Å². The molecule has 0 bridgehead atoms. The van der Waals surface area contributed by atoms with E-state index in [9.17, 15) is 14.9 Å². The van der Waals surface area contributed by atoms with Crippen molar-refractivity contribution in [3.05, 3.63) is 57.4 Å². The average Bonchev–Trinajstić information content (AvgIpc) is 2.77. The highest BCUT2D eigenvalue weighted by Crippen LogP contribution is 2.25. The van der Waals surface area contributed by atoms with E-state index in [-0.39, 0.29) is 17.9 Å². The Labute approximate surface area is 122 Å². The van der Waals surface area contributed by atoms with Crippen LogP contribution >= 0.6 is 0 Å². The maximum atomic E-state index is 11.8. The fourth-order valence-corrected chi connectivity index (χ4v) is 2.27. The Kier molecular flexibility index (Phi) is 4.07. The van der Waals surface area contributed by atoms with Crippen LogP contribution in [0.4, 0.5) is 5.69 Å². The zero-order valence-electron chi connectivity index (χ0n) is 12.1. The molecule has 0 spiro atoms. The second-order valence-corrected chi connectivity index (χ2v) is 4.63. The number of rotatable bonds is 4. The molecule has 1 aromatic heterocycles. The van der Waals surface area contributed by atoms with Gasteiger partial charge in [-0.1, -0.05) is 0 Å². The quantitative estimate of drug-likeness (QED) is 0.492. The first kappa shape index (κ1) is 14.8. The van der Waals surface area contributed by atoms with E-state index in [0.29, 0.717) is 5.69 Å². The van der Waals surface area contributed by atoms with Crippen molar-refractivity contribution < 1.29 is 14.5 Å². The molecule has 1 aromatic carbocycles. The number of hydrogen-bond donors (Lipinski definition) is 0. The number of carbonyl (C=O) groups excluding carboxylic acids is 1. The van der Waals surface area contributed by atoms with Crippen LogP contribution in [-0.2, 0) is 4.74 Å². The molecule has 0 N–H and O–H groups in total. The standard InChI is InChI=1S/C15H16N2O4/c1-4-21-15(18)13-8-7-12(9-14(13)17(19)20)16-10(2)5-6-11(16)3/h5-9H,4H2,1-3H3. The minimum absolute atomic E-state index is 0.0342. The second kappa shape index (κ2) is 5.78. The minimum atomic E-state index is -0.684. The van der Waals surface area contributed by atoms with Crippen molar-refractivity contribution in [1.82, 2.24) is 4.57 Å². The molecule has 0 unspecified atom stereocenters. The molecule has 0 atom stereocenters. The number of ether oxygens (including phenoxy) is 1. The normalized spacial score (nSPS) is 10.4. The number of aromatic nitrogens is 1. The predicted molar refractivity (Wildman–Crippen MR) is 77.9 cm³/mol. The Bertz CT molecular complexity index is 684. The predicted octanol–water partition coefficient (Wildman–Crippen LogP) is 3.18. The highest BCUT2D eigenvalue weighted by Gasteiger charge is 2.22. The molecule has 0 aliphatic heterocycles. The van der Waals surface area contributed by atoms with Gasteiger partial charge < -0.3 is 9.30 Å². The number of aryl methyl sites for hydroxylation is 2. The van der Waals surface area contributed by atoms with Crippen LogP contribution in [0.3, 0.4) is 0 Å². The van der Waals surface area contributed by atoms with Crippen LogP contribution in [0.1, 0.15) is 28.7 Å². The maximum Gasteiger partial charge on any atom is 0.345 e. The van der Waals surface area contributed by atoms with Crippen molar-refractivity contribution in [3.63, 3.8) is 0 Å². The van der Waals surface area contributed by atoms with Crippen LogP contribution in [0.25, 0.3) is 5.69 Å². The number of esters is 1. The third-order valence-corrected chi connectivity index (χ3v) is 3.20. The molecule has 0 aliphatic rings. The summed E-state index contributed by atoms with van der Waals surface area (Å²) < 4.78 is 6.74. The number of nitro benzene ring substituents is 1. The molecule has 0 radical (unpaired) electrons. The molecule has 2 aromatic rings. The van der Waals surface area contributed by atoms with Crippen molar-refractivity contribution in [3.8, 4) is 5.69 Å². The van der Waals surface area contributed by atoms with E-state index in [2.05, 4.69) is 0 Å². The molecule has 0 amide bonds. The van der Waals surface area contributed by atoms with Crippen molar-refractivity contribution in [1.29, 1.82) is 0 Å². The van der Waals surface area contributed by atoms with Gasteiger partial charge in [0.25, 0.3) is 5.69 Å². The van der Waals surface area contributed by atoms with E-state index >= 15 is 0 Å². The molecule has 0 saturated heterocycles. The van der Waals surface area contributed by atoms with Gasteiger partial charge in [-0.15, -0.1) is 0 Å². The molecule has 6 heteroatoms. The molecule has 0 saturated carbocycles. The highest BCUT2D eigenvalue weighted by atomic mass is 16.6. The SMILES string of the molecule is CCOC(=O)c1ccc(-n2c(C)ccc2C)cc1[N+](=O)[O-]. The van der Waals surface area contributed by atoms with E-state index in [1.165, 1.54) is 12.1 Å². The summed E-state index contributed by atoms with van der Waals surface area (Å²) in [7, 11) is 0. The van der Waals surface area contributed by atoms with E-state index in [4.69, 9.17) is 4.74 Å². The zero-order valence-corrected chi connectivity index (χ0v) is 12.1. The first-order valence-corrected chi connectivity index (χ1v) is 6.56. The Morgan fingerprint density at radius 1 is 1.24 bits per heavy atom. The summed E-state index contributed by atoms with van der Waals surface area (Å²) in [6.07, 6.45) is 0. The molecule has 6 nitrogen and oxygen atoms in total. The fraction of sp³-hybridized carbons (Fsp3) is 0.267. The lowest BCUT2D eigenvalue weighted by Crippen LogP contribution is -2.09. The molecule has 0 fully saturated rings. The van der Waals surface area contributed by atoms with Gasteiger partial charge in [-0.3, -0.25) is 10.1 Å². The summed E-state index contributed by atoms with van der Waals surface area (Å²) in [4.78, 5) is 22.4. The van der Waals surface area contributed by atoms with Gasteiger partial charge in [0.2, 0.25) is 0 Å². The zero-order chi connectivity index (χ0) is 15.6. The van der Waals surface area contributed by atoms with Crippen LogP contribution in [0.5, 0.6) is 0 Å². The third kappa shape index (κ3) is 2.79. The maximum absolute atomic E-state index is 11.8. The minimum Gasteiger partial charge on any atom is -0.462 e.